The molecule has 4 aromatic heterocycles. The smallest absolute Gasteiger partial charge is 0.254 e. The Kier molecular flexibility index (Phi) is 8.03. The van der Waals surface area contributed by atoms with Gasteiger partial charge in [0.1, 0.15) is 22.1 Å². The first kappa shape index (κ1) is 32.4. The fourth-order valence-corrected chi connectivity index (χ4v) is 8.87. The van der Waals surface area contributed by atoms with E-state index in [9.17, 15) is 9.59 Å². The van der Waals surface area contributed by atoms with Crippen molar-refractivity contribution in [2.24, 2.45) is 11.7 Å². The zero-order chi connectivity index (χ0) is 35.0. The summed E-state index contributed by atoms with van der Waals surface area (Å²) in [6.45, 7) is 3.29. The van der Waals surface area contributed by atoms with Crippen molar-refractivity contribution in [1.29, 1.82) is 0 Å². The van der Waals surface area contributed by atoms with Crippen LogP contribution in [-0.2, 0) is 13.0 Å². The van der Waals surface area contributed by atoms with Crippen LogP contribution in [-0.4, -0.2) is 66.5 Å². The number of ether oxygens (including phenoxy) is 1. The third kappa shape index (κ3) is 5.65. The minimum atomic E-state index is -0.332. The molecule has 9 rings (SSSR count). The summed E-state index contributed by atoms with van der Waals surface area (Å²) < 4.78 is 10.6. The topological polar surface area (TPSA) is 133 Å². The number of piperidine rings is 1. The number of nitrogens with two attached hydrogens (primary N) is 1. The van der Waals surface area contributed by atoms with Gasteiger partial charge in [-0.3, -0.25) is 9.59 Å². The number of halogens is 1. The summed E-state index contributed by atoms with van der Waals surface area (Å²) in [4.78, 5) is 44.5. The maximum Gasteiger partial charge on any atom is 0.254 e. The Labute approximate surface area is 301 Å². The van der Waals surface area contributed by atoms with Crippen LogP contribution < -0.4 is 15.8 Å². The average molecular weight is 707 g/mol. The molecule has 4 bridgehead atoms. The number of methoxy groups -OCH3 is 1. The monoisotopic (exact) mass is 706 g/mol. The molecule has 51 heavy (non-hydrogen) atoms. The maximum atomic E-state index is 14.1. The second kappa shape index (κ2) is 12.6. The standard InChI is InChI=1S/C39H43ClN8O3/c1-21-29-13-8-23-18-32(46(36(23)44-29)15-5-3-4-6-30-27(38(49)42-21)12-14-34(40)43-30)37-45-31-17-24(19-33(51-2)35(31)48(37)25-10-11-25)39(50)47-20-28(41)22-7-9-26(47)16-22/h8,12-14,17-19,21-22,25-26,28H,3-7,9-11,15-16,20,41H2,1-2H3,(H,42,49)/t21-,22+,26-,28+/m1/s1. The van der Waals surface area contributed by atoms with Crippen molar-refractivity contribution < 1.29 is 14.3 Å². The van der Waals surface area contributed by atoms with Crippen molar-refractivity contribution in [3.05, 3.63) is 70.1 Å². The van der Waals surface area contributed by atoms with Crippen molar-refractivity contribution in [2.45, 2.75) is 95.4 Å². The van der Waals surface area contributed by atoms with Crippen molar-refractivity contribution in [3.8, 4) is 17.3 Å². The lowest BCUT2D eigenvalue weighted by Gasteiger charge is -2.37. The summed E-state index contributed by atoms with van der Waals surface area (Å²) in [7, 11) is 1.67. The van der Waals surface area contributed by atoms with Crippen molar-refractivity contribution in [2.75, 3.05) is 13.7 Å². The lowest BCUT2D eigenvalue weighted by atomic mass is 9.94. The van der Waals surface area contributed by atoms with Gasteiger partial charge < -0.3 is 29.8 Å². The molecule has 0 radical (unpaired) electrons. The zero-order valence-corrected chi connectivity index (χ0v) is 29.8. The molecule has 3 N–H and O–H groups in total. The van der Waals surface area contributed by atoms with Gasteiger partial charge in [-0.2, -0.15) is 0 Å². The number of carbonyl (C=O) groups is 2. The quantitative estimate of drug-likeness (QED) is 0.201. The third-order valence-electron chi connectivity index (χ3n) is 11.6. The van der Waals surface area contributed by atoms with E-state index in [-0.39, 0.29) is 29.9 Å². The molecule has 6 heterocycles. The van der Waals surface area contributed by atoms with Crippen LogP contribution in [0.15, 0.2) is 42.5 Å². The first-order valence-electron chi connectivity index (χ1n) is 18.4. The van der Waals surface area contributed by atoms with Crippen LogP contribution in [0.2, 0.25) is 5.15 Å². The second-order valence-electron chi connectivity index (χ2n) is 14.9. The van der Waals surface area contributed by atoms with Crippen LogP contribution in [0.3, 0.4) is 0 Å². The van der Waals surface area contributed by atoms with E-state index in [1.165, 1.54) is 0 Å². The number of benzene rings is 1. The Bertz CT molecular complexity index is 2210. The minimum absolute atomic E-state index is 0.00108. The lowest BCUT2D eigenvalue weighted by Crippen LogP contribution is -2.51. The van der Waals surface area contributed by atoms with E-state index >= 15 is 0 Å². The number of nitrogens with one attached hydrogen (secondary N) is 1. The number of imidazole rings is 1. The summed E-state index contributed by atoms with van der Waals surface area (Å²) in [5.41, 5.74) is 12.6. The number of pyridine rings is 2. The minimum Gasteiger partial charge on any atom is -0.494 e. The van der Waals surface area contributed by atoms with Crippen LogP contribution in [0.5, 0.6) is 5.75 Å². The van der Waals surface area contributed by atoms with E-state index in [1.807, 2.05) is 30.0 Å². The van der Waals surface area contributed by atoms with Crippen molar-refractivity contribution >= 4 is 45.5 Å². The Morgan fingerprint density at radius 2 is 1.84 bits per heavy atom. The molecule has 1 aromatic carbocycles. The normalized spacial score (nSPS) is 23.8. The summed E-state index contributed by atoms with van der Waals surface area (Å²) in [6.07, 6.45) is 8.56. The van der Waals surface area contributed by atoms with Gasteiger partial charge in [0, 0.05) is 42.2 Å². The molecule has 2 amide bonds. The molecule has 0 spiro atoms. The Hall–Kier alpha value is -4.48. The van der Waals surface area contributed by atoms with Crippen LogP contribution in [0.1, 0.15) is 102 Å². The van der Waals surface area contributed by atoms with Crippen molar-refractivity contribution in [1.82, 2.24) is 34.3 Å². The highest BCUT2D eigenvalue weighted by Gasteiger charge is 2.41. The van der Waals surface area contributed by atoms with Gasteiger partial charge in [-0.25, -0.2) is 15.0 Å². The average Bonchev–Trinajstić information content (AvgIpc) is 3.59. The predicted molar refractivity (Wildman–Crippen MR) is 196 cm³/mol. The Morgan fingerprint density at radius 1 is 1.00 bits per heavy atom. The summed E-state index contributed by atoms with van der Waals surface area (Å²) in [5.74, 6) is 1.83. The van der Waals surface area contributed by atoms with E-state index in [0.29, 0.717) is 47.0 Å². The first-order valence-corrected chi connectivity index (χ1v) is 18.8. The van der Waals surface area contributed by atoms with E-state index in [0.717, 1.165) is 103 Å². The van der Waals surface area contributed by atoms with E-state index in [2.05, 4.69) is 31.6 Å². The zero-order valence-electron chi connectivity index (χ0n) is 29.1. The van der Waals surface area contributed by atoms with Gasteiger partial charge >= 0.3 is 0 Å². The molecular weight excluding hydrogens is 664 g/mol. The SMILES string of the molecule is COc1cc(C(=O)N2C[C@H](N)[C@H]3CC[C@@H]2C3)cc2nc(-c3cc4ccc5nc4n3CCCCCc3nc(Cl)ccc3C(=O)N[C@@H]5C)n(C3CC3)c12. The van der Waals surface area contributed by atoms with Gasteiger partial charge in [-0.1, -0.05) is 18.0 Å². The lowest BCUT2D eigenvalue weighted by molar-refractivity contribution is 0.0603. The number of amides is 2. The molecule has 2 saturated carbocycles. The number of likely N-dealkylation sites (tertiary alicyclic amines) is 1. The molecule has 2 aliphatic heterocycles. The number of rotatable bonds is 4. The summed E-state index contributed by atoms with van der Waals surface area (Å²) in [5, 5.41) is 4.54. The van der Waals surface area contributed by atoms with Crippen LogP contribution in [0.4, 0.5) is 0 Å². The van der Waals surface area contributed by atoms with Gasteiger partial charge in [-0.15, -0.1) is 0 Å². The molecule has 1 saturated heterocycles. The second-order valence-corrected chi connectivity index (χ2v) is 15.3. The molecule has 2 aliphatic carbocycles. The number of hydrogen-bond acceptors (Lipinski definition) is 7. The highest BCUT2D eigenvalue weighted by Crippen LogP contribution is 2.45. The highest BCUT2D eigenvalue weighted by atomic mass is 35.5. The molecule has 4 atom stereocenters. The molecule has 0 unspecified atom stereocenters. The number of carbonyl (C=O) groups excluding carboxylic acids is 2. The first-order chi connectivity index (χ1) is 24.8. The molecule has 4 aliphatic rings. The highest BCUT2D eigenvalue weighted by molar-refractivity contribution is 6.29. The van der Waals surface area contributed by atoms with E-state index in [1.54, 1.807) is 19.2 Å². The number of aromatic nitrogens is 5. The maximum absolute atomic E-state index is 14.1. The number of nitrogens with zero attached hydrogens (tertiary/aromatic N) is 6. The van der Waals surface area contributed by atoms with E-state index in [4.69, 9.17) is 32.0 Å². The summed E-state index contributed by atoms with van der Waals surface area (Å²) in [6, 6.07) is 13.7. The fraction of sp³-hybridized carbons (Fsp3) is 0.462. The Balaban J connectivity index is 1.14. The molecular formula is C39H43ClN8O3. The molecule has 11 nitrogen and oxygen atoms in total. The van der Waals surface area contributed by atoms with Gasteiger partial charge in [0.05, 0.1) is 41.3 Å². The number of hydrogen-bond donors (Lipinski definition) is 2. The van der Waals surface area contributed by atoms with E-state index < -0.39 is 0 Å². The molecule has 5 aromatic rings. The number of fused-ring (bicyclic) bond motifs is 5. The summed E-state index contributed by atoms with van der Waals surface area (Å²) >= 11 is 6.25. The fourth-order valence-electron chi connectivity index (χ4n) is 8.70. The van der Waals surface area contributed by atoms with Gasteiger partial charge in [0.15, 0.2) is 5.82 Å². The van der Waals surface area contributed by atoms with Crippen LogP contribution in [0, 0.1) is 5.92 Å². The van der Waals surface area contributed by atoms with Crippen LogP contribution >= 0.6 is 11.6 Å². The van der Waals surface area contributed by atoms with Gasteiger partial charge in [0.2, 0.25) is 0 Å². The Morgan fingerprint density at radius 3 is 2.67 bits per heavy atom. The molecule has 12 heteroatoms. The number of aryl methyl sites for hydroxylation is 2. The van der Waals surface area contributed by atoms with Crippen LogP contribution in [0.25, 0.3) is 33.6 Å². The van der Waals surface area contributed by atoms with Gasteiger partial charge in [-0.05, 0) is 107 Å². The largest absolute Gasteiger partial charge is 0.494 e. The van der Waals surface area contributed by atoms with Crippen molar-refractivity contribution in [3.63, 3.8) is 0 Å². The molecule has 3 fully saturated rings. The van der Waals surface area contributed by atoms with Gasteiger partial charge in [0.25, 0.3) is 11.8 Å². The third-order valence-corrected chi connectivity index (χ3v) is 11.8. The molecule has 264 valence electrons. The predicted octanol–water partition coefficient (Wildman–Crippen LogP) is 6.61.